The van der Waals surface area contributed by atoms with Crippen molar-refractivity contribution in [3.8, 4) is 0 Å². The van der Waals surface area contributed by atoms with E-state index in [0.717, 1.165) is 12.1 Å². The van der Waals surface area contributed by atoms with Gasteiger partial charge in [0, 0.05) is 25.4 Å². The molecule has 1 N–H and O–H groups in total. The average molecular weight is 224 g/mol. The van der Waals surface area contributed by atoms with Gasteiger partial charge in [-0.1, -0.05) is 19.9 Å². The highest BCUT2D eigenvalue weighted by molar-refractivity contribution is 5.76. The molecule has 16 heavy (non-hydrogen) atoms. The van der Waals surface area contributed by atoms with E-state index < -0.39 is 0 Å². The maximum Gasteiger partial charge on any atom is 0.328 e. The molecule has 4 nitrogen and oxygen atoms in total. The number of hydrogen-bond acceptors (Lipinski definition) is 4. The number of nitrogens with one attached hydrogen (secondary N) is 1. The van der Waals surface area contributed by atoms with Crippen LogP contribution in [0.15, 0.2) is 24.2 Å². The van der Waals surface area contributed by atoms with Crippen molar-refractivity contribution in [1.29, 1.82) is 0 Å². The topological polar surface area (TPSA) is 41.6 Å². The molecule has 1 aliphatic heterocycles. The molecule has 0 amide bonds. The Morgan fingerprint density at radius 1 is 1.56 bits per heavy atom. The summed E-state index contributed by atoms with van der Waals surface area (Å²) in [5.74, 6) is -0.0160. The first-order valence-electron chi connectivity index (χ1n) is 5.48. The number of allylic oxidation sites excluding steroid dienone is 1. The summed E-state index contributed by atoms with van der Waals surface area (Å²) in [7, 11) is 3.38. The number of ether oxygens (including phenoxy) is 1. The van der Waals surface area contributed by atoms with Gasteiger partial charge in [-0.05, 0) is 12.1 Å². The molecule has 0 aromatic rings. The molecular weight excluding hydrogens is 204 g/mol. The van der Waals surface area contributed by atoms with Gasteiger partial charge in [0.15, 0.2) is 0 Å². The van der Waals surface area contributed by atoms with Crippen LogP contribution in [0.1, 0.15) is 20.3 Å². The van der Waals surface area contributed by atoms with Crippen molar-refractivity contribution in [2.75, 3.05) is 14.2 Å². The molecule has 1 heterocycles. The Morgan fingerprint density at radius 3 is 2.75 bits per heavy atom. The Bertz CT molecular complexity index is 308. The zero-order valence-corrected chi connectivity index (χ0v) is 10.4. The molecule has 0 saturated heterocycles. The van der Waals surface area contributed by atoms with E-state index in [-0.39, 0.29) is 17.9 Å². The average Bonchev–Trinajstić information content (AvgIpc) is 2.24. The number of hydrogen-bond donors (Lipinski definition) is 1. The highest BCUT2D eigenvalue weighted by Crippen LogP contribution is 2.12. The quantitative estimate of drug-likeness (QED) is 0.734. The van der Waals surface area contributed by atoms with E-state index >= 15 is 0 Å². The lowest BCUT2D eigenvalue weighted by Gasteiger charge is -2.25. The Hall–Kier alpha value is -1.45. The first kappa shape index (κ1) is 12.6. The number of carbonyl (C=O) groups is 1. The molecule has 0 unspecified atom stereocenters. The summed E-state index contributed by atoms with van der Waals surface area (Å²) in [4.78, 5) is 13.5. The Morgan fingerprint density at radius 2 is 2.25 bits per heavy atom. The summed E-state index contributed by atoms with van der Waals surface area (Å²) in [5, 5.41) is 3.23. The third kappa shape index (κ3) is 3.29. The van der Waals surface area contributed by atoms with Gasteiger partial charge >= 0.3 is 5.97 Å². The lowest BCUT2D eigenvalue weighted by molar-refractivity contribution is -0.144. The van der Waals surface area contributed by atoms with Gasteiger partial charge in [-0.3, -0.25) is 0 Å². The van der Waals surface area contributed by atoms with Crippen LogP contribution in [0.5, 0.6) is 0 Å². The van der Waals surface area contributed by atoms with Crippen molar-refractivity contribution in [2.24, 2.45) is 5.92 Å². The van der Waals surface area contributed by atoms with Gasteiger partial charge in [0.05, 0.1) is 7.11 Å². The van der Waals surface area contributed by atoms with Crippen molar-refractivity contribution in [2.45, 2.75) is 26.3 Å². The van der Waals surface area contributed by atoms with E-state index in [9.17, 15) is 4.79 Å². The van der Waals surface area contributed by atoms with Crippen molar-refractivity contribution in [1.82, 2.24) is 10.2 Å². The number of methoxy groups -OCH3 is 1. The largest absolute Gasteiger partial charge is 0.467 e. The van der Waals surface area contributed by atoms with Crippen LogP contribution in [-0.2, 0) is 9.53 Å². The Kier molecular flexibility index (Phi) is 4.40. The fourth-order valence-electron chi connectivity index (χ4n) is 1.61. The lowest BCUT2D eigenvalue weighted by atomic mass is 10.0. The van der Waals surface area contributed by atoms with Gasteiger partial charge in [-0.25, -0.2) is 4.79 Å². The van der Waals surface area contributed by atoms with Crippen LogP contribution in [0.3, 0.4) is 0 Å². The summed E-state index contributed by atoms with van der Waals surface area (Å²) in [5.41, 5.74) is 1.04. The Balaban J connectivity index is 2.65. The first-order valence-corrected chi connectivity index (χ1v) is 5.48. The number of esters is 1. The SMILES string of the molecule is COC(=O)[C@@H](NC1=CN(C)C=CC1)C(C)C. The molecule has 0 saturated carbocycles. The predicted molar refractivity (Wildman–Crippen MR) is 63.4 cm³/mol. The van der Waals surface area contributed by atoms with Gasteiger partial charge in [-0.2, -0.15) is 0 Å². The van der Waals surface area contributed by atoms with Crippen LogP contribution in [0, 0.1) is 5.92 Å². The first-order chi connectivity index (χ1) is 7.54. The normalized spacial score (nSPS) is 17.1. The van der Waals surface area contributed by atoms with Gasteiger partial charge in [0.25, 0.3) is 0 Å². The number of carbonyl (C=O) groups excluding carboxylic acids is 1. The molecule has 0 aromatic heterocycles. The molecule has 0 aliphatic carbocycles. The maximum absolute atomic E-state index is 11.6. The maximum atomic E-state index is 11.6. The van der Waals surface area contributed by atoms with Crippen LogP contribution in [-0.4, -0.2) is 31.1 Å². The van der Waals surface area contributed by atoms with E-state index in [1.807, 2.05) is 38.2 Å². The van der Waals surface area contributed by atoms with Crippen LogP contribution in [0.4, 0.5) is 0 Å². The second-order valence-corrected chi connectivity index (χ2v) is 4.30. The number of nitrogens with zero attached hydrogens (tertiary/aromatic N) is 1. The molecule has 0 aromatic carbocycles. The second-order valence-electron chi connectivity index (χ2n) is 4.30. The monoisotopic (exact) mass is 224 g/mol. The van der Waals surface area contributed by atoms with E-state index in [1.165, 1.54) is 7.11 Å². The van der Waals surface area contributed by atoms with E-state index in [4.69, 9.17) is 4.74 Å². The molecular formula is C12H20N2O2. The van der Waals surface area contributed by atoms with Gasteiger partial charge in [-0.15, -0.1) is 0 Å². The lowest BCUT2D eigenvalue weighted by Crippen LogP contribution is -2.41. The molecule has 1 rings (SSSR count). The molecule has 4 heteroatoms. The molecule has 1 atom stereocenters. The van der Waals surface area contributed by atoms with E-state index in [2.05, 4.69) is 11.4 Å². The summed E-state index contributed by atoms with van der Waals surface area (Å²) in [6.07, 6.45) is 6.85. The fraction of sp³-hybridized carbons (Fsp3) is 0.583. The molecule has 0 radical (unpaired) electrons. The fourth-order valence-corrected chi connectivity index (χ4v) is 1.61. The van der Waals surface area contributed by atoms with Crippen molar-refractivity contribution >= 4 is 5.97 Å². The minimum Gasteiger partial charge on any atom is -0.467 e. The third-order valence-corrected chi connectivity index (χ3v) is 2.50. The van der Waals surface area contributed by atoms with Crippen LogP contribution >= 0.6 is 0 Å². The van der Waals surface area contributed by atoms with Crippen LogP contribution < -0.4 is 5.32 Å². The zero-order chi connectivity index (χ0) is 12.1. The van der Waals surface area contributed by atoms with E-state index in [1.54, 1.807) is 0 Å². The second kappa shape index (κ2) is 5.58. The number of rotatable bonds is 4. The third-order valence-electron chi connectivity index (χ3n) is 2.50. The van der Waals surface area contributed by atoms with Crippen LogP contribution in [0.25, 0.3) is 0 Å². The summed E-state index contributed by atoms with van der Waals surface area (Å²) in [6.45, 7) is 4.00. The molecule has 90 valence electrons. The predicted octanol–water partition coefficient (Wildman–Crippen LogP) is 1.46. The molecule has 0 spiro atoms. The van der Waals surface area contributed by atoms with Crippen molar-refractivity contribution in [3.63, 3.8) is 0 Å². The summed E-state index contributed by atoms with van der Waals surface area (Å²) < 4.78 is 4.78. The minimum atomic E-state index is -0.281. The van der Waals surface area contributed by atoms with Gasteiger partial charge in [0.1, 0.15) is 6.04 Å². The van der Waals surface area contributed by atoms with Gasteiger partial charge in [0.2, 0.25) is 0 Å². The molecule has 0 fully saturated rings. The van der Waals surface area contributed by atoms with Gasteiger partial charge < -0.3 is 15.0 Å². The summed E-state index contributed by atoms with van der Waals surface area (Å²) >= 11 is 0. The molecule has 0 bridgehead atoms. The van der Waals surface area contributed by atoms with E-state index in [0.29, 0.717) is 0 Å². The zero-order valence-electron chi connectivity index (χ0n) is 10.4. The summed E-state index contributed by atoms with van der Waals surface area (Å²) in [6, 6.07) is -0.281. The Labute approximate surface area is 97.0 Å². The molecule has 1 aliphatic rings. The highest BCUT2D eigenvalue weighted by atomic mass is 16.5. The minimum absolute atomic E-state index is 0.199. The van der Waals surface area contributed by atoms with Crippen molar-refractivity contribution in [3.05, 3.63) is 24.2 Å². The van der Waals surface area contributed by atoms with Crippen molar-refractivity contribution < 1.29 is 9.53 Å². The smallest absolute Gasteiger partial charge is 0.328 e. The van der Waals surface area contributed by atoms with Crippen LogP contribution in [0.2, 0.25) is 0 Å². The standard InChI is InChI=1S/C12H20N2O2/c1-9(2)11(12(15)16-4)13-10-6-5-7-14(3)8-10/h5,7-9,11,13H,6H2,1-4H3/t11-/m0/s1. The highest BCUT2D eigenvalue weighted by Gasteiger charge is 2.23.